The van der Waals surface area contributed by atoms with E-state index in [1.165, 1.54) is 21.1 Å². The highest BCUT2D eigenvalue weighted by Gasteiger charge is 2.25. The summed E-state index contributed by atoms with van der Waals surface area (Å²) in [6.45, 7) is 3.55. The molecule has 0 saturated heterocycles. The standard InChI is InChI=1S/C16H18O6.C6H6/c1-5-21-11-8-6-7-10-12(11)13(18)15(19-3)16(20-4)14(10)22-9(2)17;1-2-4-6-5-3-1/h6-8,18H,5H2,1-4H3;1-6H. The van der Waals surface area contributed by atoms with E-state index in [2.05, 4.69) is 0 Å². The van der Waals surface area contributed by atoms with Crippen LogP contribution in [0.5, 0.6) is 28.7 Å². The average Bonchev–Trinajstić information content (AvgIpc) is 2.71. The van der Waals surface area contributed by atoms with E-state index in [-0.39, 0.29) is 23.0 Å². The molecule has 3 rings (SSSR count). The van der Waals surface area contributed by atoms with Crippen LogP contribution in [0.4, 0.5) is 0 Å². The fraction of sp³-hybridized carbons (Fsp3) is 0.227. The molecule has 3 aromatic carbocycles. The summed E-state index contributed by atoms with van der Waals surface area (Å²) >= 11 is 0. The zero-order valence-electron chi connectivity index (χ0n) is 16.4. The number of fused-ring (bicyclic) bond motifs is 1. The molecule has 0 amide bonds. The van der Waals surface area contributed by atoms with Gasteiger partial charge in [-0.05, 0) is 13.0 Å². The first-order chi connectivity index (χ1) is 13.5. The third-order valence-corrected chi connectivity index (χ3v) is 3.76. The van der Waals surface area contributed by atoms with Gasteiger partial charge < -0.3 is 24.1 Å². The van der Waals surface area contributed by atoms with Crippen molar-refractivity contribution in [1.82, 2.24) is 0 Å². The molecule has 0 aliphatic heterocycles. The quantitative estimate of drug-likeness (QED) is 0.513. The molecule has 0 spiro atoms. The molecule has 0 unspecified atom stereocenters. The van der Waals surface area contributed by atoms with Gasteiger partial charge in [-0.3, -0.25) is 4.79 Å². The first-order valence-electron chi connectivity index (χ1n) is 8.75. The van der Waals surface area contributed by atoms with Gasteiger partial charge in [0, 0.05) is 12.3 Å². The van der Waals surface area contributed by atoms with Crippen LogP contribution in [0.1, 0.15) is 13.8 Å². The maximum absolute atomic E-state index is 11.4. The summed E-state index contributed by atoms with van der Waals surface area (Å²) < 4.78 is 21.3. The van der Waals surface area contributed by atoms with Gasteiger partial charge in [-0.1, -0.05) is 48.5 Å². The van der Waals surface area contributed by atoms with Crippen molar-refractivity contribution in [2.75, 3.05) is 20.8 Å². The van der Waals surface area contributed by atoms with Gasteiger partial charge in [0.05, 0.1) is 26.2 Å². The fourth-order valence-corrected chi connectivity index (χ4v) is 2.69. The molecule has 0 atom stereocenters. The third-order valence-electron chi connectivity index (χ3n) is 3.76. The lowest BCUT2D eigenvalue weighted by molar-refractivity contribution is -0.131. The number of hydrogen-bond donors (Lipinski definition) is 1. The van der Waals surface area contributed by atoms with Gasteiger partial charge in [-0.25, -0.2) is 0 Å². The normalized spacial score (nSPS) is 9.86. The molecule has 0 aliphatic carbocycles. The molecule has 28 heavy (non-hydrogen) atoms. The smallest absolute Gasteiger partial charge is 0.308 e. The highest BCUT2D eigenvalue weighted by atomic mass is 16.6. The third kappa shape index (κ3) is 4.65. The number of rotatable bonds is 5. The van der Waals surface area contributed by atoms with Gasteiger partial charge in [-0.15, -0.1) is 0 Å². The van der Waals surface area contributed by atoms with Gasteiger partial charge in [0.25, 0.3) is 0 Å². The predicted octanol–water partition coefficient (Wildman–Crippen LogP) is 4.57. The van der Waals surface area contributed by atoms with Crippen LogP contribution < -0.4 is 18.9 Å². The highest BCUT2D eigenvalue weighted by Crippen LogP contribution is 2.52. The van der Waals surface area contributed by atoms with Gasteiger partial charge in [-0.2, -0.15) is 0 Å². The summed E-state index contributed by atoms with van der Waals surface area (Å²) in [5.74, 6) is 0.242. The van der Waals surface area contributed by atoms with Crippen molar-refractivity contribution in [3.63, 3.8) is 0 Å². The van der Waals surface area contributed by atoms with E-state index >= 15 is 0 Å². The Morgan fingerprint density at radius 1 is 0.893 bits per heavy atom. The largest absolute Gasteiger partial charge is 0.504 e. The first kappa shape index (κ1) is 20.9. The molecule has 0 radical (unpaired) electrons. The number of methoxy groups -OCH3 is 2. The second-order valence-electron chi connectivity index (χ2n) is 5.60. The molecule has 0 aliphatic rings. The van der Waals surface area contributed by atoms with Crippen molar-refractivity contribution in [1.29, 1.82) is 0 Å². The maximum Gasteiger partial charge on any atom is 0.308 e. The van der Waals surface area contributed by atoms with Crippen LogP contribution in [-0.4, -0.2) is 31.9 Å². The topological polar surface area (TPSA) is 74.2 Å². The molecule has 3 aromatic rings. The van der Waals surface area contributed by atoms with Crippen molar-refractivity contribution < 1.29 is 28.8 Å². The summed E-state index contributed by atoms with van der Waals surface area (Å²) in [5.41, 5.74) is 0. The lowest BCUT2D eigenvalue weighted by atomic mass is 10.1. The monoisotopic (exact) mass is 384 g/mol. The molecular weight excluding hydrogens is 360 g/mol. The number of esters is 1. The molecule has 6 heteroatoms. The number of benzene rings is 3. The number of hydrogen-bond acceptors (Lipinski definition) is 6. The summed E-state index contributed by atoms with van der Waals surface area (Å²) in [7, 11) is 2.80. The minimum atomic E-state index is -0.505. The number of carbonyl (C=O) groups excluding carboxylic acids is 1. The number of aromatic hydroxyl groups is 1. The van der Waals surface area contributed by atoms with E-state index in [9.17, 15) is 9.90 Å². The Balaban J connectivity index is 0.000000397. The van der Waals surface area contributed by atoms with E-state index < -0.39 is 5.97 Å². The fourth-order valence-electron chi connectivity index (χ4n) is 2.69. The Morgan fingerprint density at radius 2 is 1.46 bits per heavy atom. The summed E-state index contributed by atoms with van der Waals surface area (Å²) in [5, 5.41) is 11.4. The molecule has 0 heterocycles. The van der Waals surface area contributed by atoms with Crippen LogP contribution in [0, 0.1) is 0 Å². The Labute approximate surface area is 164 Å². The molecule has 0 aromatic heterocycles. The summed E-state index contributed by atoms with van der Waals surface area (Å²) in [6.07, 6.45) is 0. The minimum Gasteiger partial charge on any atom is -0.504 e. The van der Waals surface area contributed by atoms with Crippen molar-refractivity contribution >= 4 is 16.7 Å². The van der Waals surface area contributed by atoms with Gasteiger partial charge >= 0.3 is 5.97 Å². The molecule has 6 nitrogen and oxygen atoms in total. The maximum atomic E-state index is 11.4. The van der Waals surface area contributed by atoms with Gasteiger partial charge in [0.2, 0.25) is 11.5 Å². The molecular formula is C22H24O6. The predicted molar refractivity (Wildman–Crippen MR) is 108 cm³/mol. The van der Waals surface area contributed by atoms with Crippen LogP contribution in [-0.2, 0) is 4.79 Å². The first-order valence-corrected chi connectivity index (χ1v) is 8.75. The van der Waals surface area contributed by atoms with Crippen LogP contribution in [0.15, 0.2) is 54.6 Å². The Morgan fingerprint density at radius 3 is 1.93 bits per heavy atom. The lowest BCUT2D eigenvalue weighted by Gasteiger charge is -2.18. The summed E-state index contributed by atoms with van der Waals surface area (Å²) in [4.78, 5) is 11.4. The zero-order valence-corrected chi connectivity index (χ0v) is 16.4. The van der Waals surface area contributed by atoms with Gasteiger partial charge in [0.15, 0.2) is 11.5 Å². The molecule has 0 saturated carbocycles. The molecule has 1 N–H and O–H groups in total. The molecule has 0 fully saturated rings. The molecule has 0 bridgehead atoms. The highest BCUT2D eigenvalue weighted by molar-refractivity contribution is 6.03. The van der Waals surface area contributed by atoms with Crippen LogP contribution >= 0.6 is 0 Å². The van der Waals surface area contributed by atoms with Crippen molar-refractivity contribution in [3.05, 3.63) is 54.6 Å². The number of phenolic OH excluding ortho intramolecular Hbond substituents is 1. The number of carbonyl (C=O) groups is 1. The minimum absolute atomic E-state index is 0.0819. The van der Waals surface area contributed by atoms with E-state index in [0.717, 1.165) is 0 Å². The van der Waals surface area contributed by atoms with Crippen molar-refractivity contribution in [2.45, 2.75) is 13.8 Å². The van der Waals surface area contributed by atoms with Crippen molar-refractivity contribution in [3.8, 4) is 28.7 Å². The van der Waals surface area contributed by atoms with Crippen LogP contribution in [0.25, 0.3) is 10.8 Å². The molecule has 148 valence electrons. The Kier molecular flexibility index (Phi) is 7.51. The number of ether oxygens (including phenoxy) is 4. The van der Waals surface area contributed by atoms with E-state index in [0.29, 0.717) is 23.1 Å². The van der Waals surface area contributed by atoms with E-state index in [4.69, 9.17) is 18.9 Å². The average molecular weight is 384 g/mol. The Hall–Kier alpha value is -3.41. The van der Waals surface area contributed by atoms with E-state index in [1.54, 1.807) is 18.2 Å². The van der Waals surface area contributed by atoms with Gasteiger partial charge in [0.1, 0.15) is 5.75 Å². The Bertz CT molecular complexity index is 895. The van der Waals surface area contributed by atoms with Crippen molar-refractivity contribution in [2.24, 2.45) is 0 Å². The second kappa shape index (κ2) is 10.1. The lowest BCUT2D eigenvalue weighted by Crippen LogP contribution is -2.05. The zero-order chi connectivity index (χ0) is 20.5. The van der Waals surface area contributed by atoms with Crippen LogP contribution in [0.2, 0.25) is 0 Å². The number of phenols is 1. The summed E-state index contributed by atoms with van der Waals surface area (Å²) in [6, 6.07) is 17.2. The second-order valence-corrected chi connectivity index (χ2v) is 5.60. The van der Waals surface area contributed by atoms with E-state index in [1.807, 2.05) is 43.3 Å². The SMILES string of the molecule is CCOc1cccc2c(OC(C)=O)c(OC)c(OC)c(O)c12.c1ccccc1. The van der Waals surface area contributed by atoms with Crippen LogP contribution in [0.3, 0.4) is 0 Å².